The van der Waals surface area contributed by atoms with Crippen LogP contribution in [-0.2, 0) is 4.74 Å². The second-order valence-corrected chi connectivity index (χ2v) is 6.93. The van der Waals surface area contributed by atoms with Gasteiger partial charge < -0.3 is 25.0 Å². The maximum absolute atomic E-state index is 11.8. The number of likely N-dealkylation sites (tertiary alicyclic amines) is 1. The fourth-order valence-electron chi connectivity index (χ4n) is 3.46. The van der Waals surface area contributed by atoms with Crippen LogP contribution in [-0.4, -0.2) is 62.9 Å². The van der Waals surface area contributed by atoms with E-state index in [1.54, 1.807) is 11.9 Å². The Hall–Kier alpha value is -2.96. The number of hydrogen-bond donors (Lipinski definition) is 2. The number of carbonyl (C=O) groups is 1. The summed E-state index contributed by atoms with van der Waals surface area (Å²) in [6.45, 7) is 4.80. The van der Waals surface area contributed by atoms with Crippen LogP contribution in [0.4, 0.5) is 4.79 Å². The van der Waals surface area contributed by atoms with Gasteiger partial charge in [-0.05, 0) is 31.2 Å². The summed E-state index contributed by atoms with van der Waals surface area (Å²) in [6, 6.07) is 14.6. The third kappa shape index (κ3) is 5.76. The quantitative estimate of drug-likeness (QED) is 0.444. The van der Waals surface area contributed by atoms with E-state index in [1.165, 1.54) is 5.39 Å². The summed E-state index contributed by atoms with van der Waals surface area (Å²) in [5.41, 5.74) is 0. The lowest BCUT2D eigenvalue weighted by atomic mass is 10.1. The van der Waals surface area contributed by atoms with Crippen LogP contribution >= 0.6 is 0 Å². The first-order valence-electron chi connectivity index (χ1n) is 10.2. The number of hydrogen-bond acceptors (Lipinski definition) is 4. The largest absolute Gasteiger partial charge is 0.491 e. The van der Waals surface area contributed by atoms with Gasteiger partial charge in [-0.2, -0.15) is 0 Å². The molecule has 0 unspecified atom stereocenters. The molecule has 1 saturated heterocycles. The van der Waals surface area contributed by atoms with Crippen molar-refractivity contribution in [2.24, 2.45) is 4.99 Å². The van der Waals surface area contributed by atoms with Crippen LogP contribution in [0.1, 0.15) is 19.8 Å². The number of nitrogens with one attached hydrogen (secondary N) is 2. The highest BCUT2D eigenvalue weighted by Crippen LogP contribution is 2.24. The van der Waals surface area contributed by atoms with Crippen molar-refractivity contribution in [2.45, 2.75) is 25.8 Å². The second-order valence-electron chi connectivity index (χ2n) is 6.93. The van der Waals surface area contributed by atoms with E-state index in [2.05, 4.69) is 33.8 Å². The molecule has 156 valence electrons. The van der Waals surface area contributed by atoms with Gasteiger partial charge in [-0.15, -0.1) is 0 Å². The Balaban J connectivity index is 1.40. The monoisotopic (exact) mass is 398 g/mol. The van der Waals surface area contributed by atoms with Crippen LogP contribution in [0.25, 0.3) is 10.8 Å². The number of aliphatic imine (C=N–C) groups is 1. The van der Waals surface area contributed by atoms with Gasteiger partial charge in [-0.1, -0.05) is 36.4 Å². The molecule has 1 aliphatic rings. The zero-order valence-corrected chi connectivity index (χ0v) is 17.2. The first-order valence-corrected chi connectivity index (χ1v) is 10.2. The molecule has 7 heteroatoms. The summed E-state index contributed by atoms with van der Waals surface area (Å²) in [4.78, 5) is 17.8. The number of rotatable bonds is 6. The Labute approximate surface area is 172 Å². The molecule has 0 aromatic heterocycles. The lowest BCUT2D eigenvalue weighted by Gasteiger charge is -2.32. The number of nitrogens with zero attached hydrogens (tertiary/aromatic N) is 2. The SMILES string of the molecule is CCOC(=O)N1CCC(NC(=NC)NCCOc2cccc3ccccc23)CC1. The summed E-state index contributed by atoms with van der Waals surface area (Å²) in [5, 5.41) is 9.02. The highest BCUT2D eigenvalue weighted by molar-refractivity contribution is 5.88. The lowest BCUT2D eigenvalue weighted by Crippen LogP contribution is -2.50. The Morgan fingerprint density at radius 2 is 1.93 bits per heavy atom. The summed E-state index contributed by atoms with van der Waals surface area (Å²) in [7, 11) is 1.76. The molecule has 2 aromatic rings. The van der Waals surface area contributed by atoms with Gasteiger partial charge in [0.2, 0.25) is 0 Å². The number of piperidine rings is 1. The van der Waals surface area contributed by atoms with Crippen molar-refractivity contribution in [1.82, 2.24) is 15.5 Å². The average Bonchev–Trinajstić information content (AvgIpc) is 2.76. The molecule has 1 fully saturated rings. The summed E-state index contributed by atoms with van der Waals surface area (Å²) in [6.07, 6.45) is 1.51. The van der Waals surface area contributed by atoms with Gasteiger partial charge in [0.15, 0.2) is 5.96 Å². The average molecular weight is 399 g/mol. The Bertz CT molecular complexity index is 826. The van der Waals surface area contributed by atoms with Crippen molar-refractivity contribution < 1.29 is 14.3 Å². The minimum atomic E-state index is -0.223. The number of carbonyl (C=O) groups excluding carboxylic acids is 1. The molecule has 1 aliphatic heterocycles. The molecule has 2 aromatic carbocycles. The third-order valence-corrected chi connectivity index (χ3v) is 4.99. The molecule has 1 amide bonds. The fourth-order valence-corrected chi connectivity index (χ4v) is 3.46. The molecular weight excluding hydrogens is 368 g/mol. The third-order valence-electron chi connectivity index (χ3n) is 4.99. The summed E-state index contributed by atoms with van der Waals surface area (Å²) < 4.78 is 11.0. The number of benzene rings is 2. The maximum atomic E-state index is 11.8. The molecule has 1 heterocycles. The van der Waals surface area contributed by atoms with Crippen LogP contribution in [0.15, 0.2) is 47.5 Å². The van der Waals surface area contributed by atoms with E-state index in [-0.39, 0.29) is 12.1 Å². The number of amides is 1. The second kappa shape index (κ2) is 10.5. The summed E-state index contributed by atoms with van der Waals surface area (Å²) in [5.74, 6) is 1.64. The lowest BCUT2D eigenvalue weighted by molar-refractivity contribution is 0.0963. The van der Waals surface area contributed by atoms with Gasteiger partial charge in [0.05, 0.1) is 13.2 Å². The molecule has 0 bridgehead atoms. The fraction of sp³-hybridized carbons (Fsp3) is 0.455. The van der Waals surface area contributed by atoms with Crippen LogP contribution in [0, 0.1) is 0 Å². The van der Waals surface area contributed by atoms with Crippen molar-refractivity contribution in [2.75, 3.05) is 39.9 Å². The van der Waals surface area contributed by atoms with E-state index in [0.29, 0.717) is 32.8 Å². The molecule has 29 heavy (non-hydrogen) atoms. The maximum Gasteiger partial charge on any atom is 0.409 e. The van der Waals surface area contributed by atoms with Crippen molar-refractivity contribution in [3.05, 3.63) is 42.5 Å². The van der Waals surface area contributed by atoms with Crippen molar-refractivity contribution in [3.63, 3.8) is 0 Å². The van der Waals surface area contributed by atoms with Crippen LogP contribution in [0.5, 0.6) is 5.75 Å². The van der Waals surface area contributed by atoms with Crippen LogP contribution in [0.2, 0.25) is 0 Å². The predicted molar refractivity (Wildman–Crippen MR) is 116 cm³/mol. The smallest absolute Gasteiger partial charge is 0.409 e. The van der Waals surface area contributed by atoms with Crippen molar-refractivity contribution in [3.8, 4) is 5.75 Å². The standard InChI is InChI=1S/C22H30N4O3/c1-3-28-22(27)26-14-11-18(12-15-26)25-21(23-2)24-13-16-29-20-10-6-8-17-7-4-5-9-19(17)20/h4-10,18H,3,11-16H2,1-2H3,(H2,23,24,25). The Morgan fingerprint density at radius 3 is 2.69 bits per heavy atom. The van der Waals surface area contributed by atoms with Gasteiger partial charge in [0, 0.05) is 31.6 Å². The molecular formula is C22H30N4O3. The van der Waals surface area contributed by atoms with Gasteiger partial charge in [-0.3, -0.25) is 4.99 Å². The van der Waals surface area contributed by atoms with E-state index in [4.69, 9.17) is 9.47 Å². The highest BCUT2D eigenvalue weighted by Gasteiger charge is 2.23. The summed E-state index contributed by atoms with van der Waals surface area (Å²) >= 11 is 0. The van der Waals surface area contributed by atoms with Gasteiger partial charge in [-0.25, -0.2) is 4.79 Å². The molecule has 7 nitrogen and oxygen atoms in total. The number of fused-ring (bicyclic) bond motifs is 1. The normalized spacial score (nSPS) is 15.2. The number of ether oxygens (including phenoxy) is 2. The van der Waals surface area contributed by atoms with Crippen molar-refractivity contribution >= 4 is 22.8 Å². The van der Waals surface area contributed by atoms with Gasteiger partial charge in [0.1, 0.15) is 12.4 Å². The Kier molecular flexibility index (Phi) is 7.55. The van der Waals surface area contributed by atoms with E-state index in [1.807, 2.05) is 31.2 Å². The van der Waals surface area contributed by atoms with Crippen molar-refractivity contribution in [1.29, 1.82) is 0 Å². The first kappa shape index (κ1) is 20.8. The first-order chi connectivity index (χ1) is 14.2. The van der Waals surface area contributed by atoms with Crippen LogP contribution in [0.3, 0.4) is 0 Å². The molecule has 3 rings (SSSR count). The molecule has 0 saturated carbocycles. The molecule has 0 aliphatic carbocycles. The predicted octanol–water partition coefficient (Wildman–Crippen LogP) is 3.00. The zero-order valence-electron chi connectivity index (χ0n) is 17.2. The molecule has 0 atom stereocenters. The molecule has 2 N–H and O–H groups in total. The van der Waals surface area contributed by atoms with E-state index in [9.17, 15) is 4.79 Å². The minimum absolute atomic E-state index is 0.223. The van der Waals surface area contributed by atoms with E-state index >= 15 is 0 Å². The van der Waals surface area contributed by atoms with Gasteiger partial charge >= 0.3 is 6.09 Å². The molecule has 0 radical (unpaired) electrons. The number of guanidine groups is 1. The zero-order chi connectivity index (χ0) is 20.5. The van der Waals surface area contributed by atoms with Gasteiger partial charge in [0.25, 0.3) is 0 Å². The van der Waals surface area contributed by atoms with E-state index in [0.717, 1.165) is 29.9 Å². The molecule has 0 spiro atoms. The minimum Gasteiger partial charge on any atom is -0.491 e. The van der Waals surface area contributed by atoms with Crippen LogP contribution < -0.4 is 15.4 Å². The Morgan fingerprint density at radius 1 is 1.17 bits per heavy atom. The topological polar surface area (TPSA) is 75.2 Å². The van der Waals surface area contributed by atoms with E-state index < -0.39 is 0 Å². The highest BCUT2D eigenvalue weighted by atomic mass is 16.6.